The highest BCUT2D eigenvalue weighted by molar-refractivity contribution is 5.40. The molecule has 1 aromatic rings. The molecule has 4 heteroatoms. The van der Waals surface area contributed by atoms with Crippen LogP contribution in [0.5, 0.6) is 0 Å². The molecule has 1 saturated heterocycles. The van der Waals surface area contributed by atoms with Crippen molar-refractivity contribution in [3.8, 4) is 0 Å². The number of hydrogen-bond acceptors (Lipinski definition) is 4. The fourth-order valence-electron chi connectivity index (χ4n) is 2.28. The van der Waals surface area contributed by atoms with Gasteiger partial charge in [0.05, 0.1) is 0 Å². The monoisotopic (exact) mass is 235 g/mol. The van der Waals surface area contributed by atoms with E-state index in [4.69, 9.17) is 5.73 Å². The first-order valence-electron chi connectivity index (χ1n) is 6.28. The van der Waals surface area contributed by atoms with Crippen molar-refractivity contribution in [3.63, 3.8) is 0 Å². The average molecular weight is 235 g/mol. The van der Waals surface area contributed by atoms with Crippen molar-refractivity contribution < 1.29 is 5.11 Å². The molecule has 2 rings (SSSR count). The van der Waals surface area contributed by atoms with Gasteiger partial charge in [-0.1, -0.05) is 6.07 Å². The van der Waals surface area contributed by atoms with E-state index in [0.29, 0.717) is 5.92 Å². The maximum absolute atomic E-state index is 9.21. The van der Waals surface area contributed by atoms with Crippen LogP contribution in [0, 0.1) is 5.92 Å². The lowest BCUT2D eigenvalue weighted by atomic mass is 9.99. The third-order valence-electron chi connectivity index (χ3n) is 3.40. The summed E-state index contributed by atoms with van der Waals surface area (Å²) in [6.45, 7) is 4.16. The summed E-state index contributed by atoms with van der Waals surface area (Å²) in [5, 5.41) is 9.21. The van der Waals surface area contributed by atoms with E-state index in [9.17, 15) is 5.11 Å². The molecule has 2 atom stereocenters. The Morgan fingerprint density at radius 3 is 3.00 bits per heavy atom. The number of aliphatic hydroxyl groups excluding tert-OH is 1. The van der Waals surface area contributed by atoms with Crippen LogP contribution in [0.15, 0.2) is 18.3 Å². The van der Waals surface area contributed by atoms with E-state index in [1.807, 2.05) is 25.3 Å². The van der Waals surface area contributed by atoms with Crippen LogP contribution >= 0.6 is 0 Å². The molecule has 17 heavy (non-hydrogen) atoms. The second-order valence-electron chi connectivity index (χ2n) is 4.88. The summed E-state index contributed by atoms with van der Waals surface area (Å²) in [6.07, 6.45) is 4.09. The van der Waals surface area contributed by atoms with E-state index in [-0.39, 0.29) is 12.6 Å². The second-order valence-corrected chi connectivity index (χ2v) is 4.88. The van der Waals surface area contributed by atoms with Gasteiger partial charge in [0.15, 0.2) is 0 Å². The van der Waals surface area contributed by atoms with E-state index in [2.05, 4.69) is 9.88 Å². The zero-order chi connectivity index (χ0) is 12.3. The zero-order valence-electron chi connectivity index (χ0n) is 10.3. The number of hydrogen-bond donors (Lipinski definition) is 2. The van der Waals surface area contributed by atoms with Crippen molar-refractivity contribution in [2.45, 2.75) is 25.8 Å². The van der Waals surface area contributed by atoms with Crippen molar-refractivity contribution >= 4 is 5.82 Å². The number of aromatic nitrogens is 1. The predicted octanol–water partition coefficient (Wildman–Crippen LogP) is 1.31. The Bertz CT molecular complexity index is 350. The van der Waals surface area contributed by atoms with E-state index < -0.39 is 0 Å². The molecule has 0 radical (unpaired) electrons. The molecule has 1 aromatic heterocycles. The molecule has 0 saturated carbocycles. The molecule has 4 nitrogen and oxygen atoms in total. The Morgan fingerprint density at radius 1 is 1.59 bits per heavy atom. The number of nitrogens with two attached hydrogens (primary N) is 1. The Hall–Kier alpha value is -1.13. The van der Waals surface area contributed by atoms with Gasteiger partial charge in [-0.05, 0) is 37.3 Å². The van der Waals surface area contributed by atoms with Gasteiger partial charge < -0.3 is 15.7 Å². The fraction of sp³-hybridized carbons (Fsp3) is 0.615. The molecule has 2 unspecified atom stereocenters. The van der Waals surface area contributed by atoms with E-state index in [1.54, 1.807) is 0 Å². The Balaban J connectivity index is 2.06. The van der Waals surface area contributed by atoms with Gasteiger partial charge >= 0.3 is 0 Å². The van der Waals surface area contributed by atoms with Crippen molar-refractivity contribution in [2.24, 2.45) is 11.7 Å². The SMILES string of the molecule is CC(N)c1ccc(N2CCCC(CO)C2)nc1. The normalized spacial score (nSPS) is 22.5. The van der Waals surface area contributed by atoms with Crippen LogP contribution in [0.4, 0.5) is 5.82 Å². The van der Waals surface area contributed by atoms with Gasteiger partial charge in [0.2, 0.25) is 0 Å². The smallest absolute Gasteiger partial charge is 0.128 e. The Kier molecular flexibility index (Phi) is 3.97. The van der Waals surface area contributed by atoms with Crippen molar-refractivity contribution in [3.05, 3.63) is 23.9 Å². The van der Waals surface area contributed by atoms with Crippen LogP contribution in [-0.4, -0.2) is 29.8 Å². The van der Waals surface area contributed by atoms with Gasteiger partial charge in [-0.3, -0.25) is 0 Å². The van der Waals surface area contributed by atoms with E-state index in [1.165, 1.54) is 0 Å². The minimum Gasteiger partial charge on any atom is -0.396 e. The van der Waals surface area contributed by atoms with Gasteiger partial charge in [0, 0.05) is 31.9 Å². The highest BCUT2D eigenvalue weighted by Gasteiger charge is 2.20. The number of piperidine rings is 1. The summed E-state index contributed by atoms with van der Waals surface area (Å²) in [6, 6.07) is 4.09. The summed E-state index contributed by atoms with van der Waals surface area (Å²) in [4.78, 5) is 6.70. The highest BCUT2D eigenvalue weighted by atomic mass is 16.3. The lowest BCUT2D eigenvalue weighted by molar-refractivity contribution is 0.208. The molecular formula is C13H21N3O. The molecule has 0 bridgehead atoms. The van der Waals surface area contributed by atoms with Gasteiger partial charge in [-0.25, -0.2) is 4.98 Å². The maximum atomic E-state index is 9.21. The van der Waals surface area contributed by atoms with Crippen LogP contribution < -0.4 is 10.6 Å². The van der Waals surface area contributed by atoms with Crippen LogP contribution in [0.3, 0.4) is 0 Å². The van der Waals surface area contributed by atoms with Crippen LogP contribution in [0.1, 0.15) is 31.4 Å². The molecule has 1 aliphatic heterocycles. The summed E-state index contributed by atoms with van der Waals surface area (Å²) in [5.41, 5.74) is 6.86. The third-order valence-corrected chi connectivity index (χ3v) is 3.40. The lowest BCUT2D eigenvalue weighted by Gasteiger charge is -2.32. The quantitative estimate of drug-likeness (QED) is 0.829. The Morgan fingerprint density at radius 2 is 2.41 bits per heavy atom. The standard InChI is InChI=1S/C13H21N3O/c1-10(14)12-4-5-13(15-7-12)16-6-2-3-11(8-16)9-17/h4-5,7,10-11,17H,2-3,6,8-9,14H2,1H3. The topological polar surface area (TPSA) is 62.4 Å². The molecule has 0 aliphatic carbocycles. The van der Waals surface area contributed by atoms with E-state index in [0.717, 1.165) is 37.3 Å². The lowest BCUT2D eigenvalue weighted by Crippen LogP contribution is -2.37. The highest BCUT2D eigenvalue weighted by Crippen LogP contribution is 2.22. The molecule has 0 spiro atoms. The molecule has 94 valence electrons. The summed E-state index contributed by atoms with van der Waals surface area (Å²) in [7, 11) is 0. The van der Waals surface area contributed by atoms with Crippen molar-refractivity contribution in [1.82, 2.24) is 4.98 Å². The second kappa shape index (κ2) is 5.47. The first-order valence-corrected chi connectivity index (χ1v) is 6.28. The predicted molar refractivity (Wildman–Crippen MR) is 68.9 cm³/mol. The van der Waals surface area contributed by atoms with Gasteiger partial charge in [-0.2, -0.15) is 0 Å². The minimum atomic E-state index is 0.0306. The minimum absolute atomic E-state index is 0.0306. The largest absolute Gasteiger partial charge is 0.396 e. The Labute approximate surface area is 102 Å². The fourth-order valence-corrected chi connectivity index (χ4v) is 2.28. The molecule has 1 aliphatic rings. The number of aliphatic hydroxyl groups is 1. The molecular weight excluding hydrogens is 214 g/mol. The van der Waals surface area contributed by atoms with Crippen LogP contribution in [-0.2, 0) is 0 Å². The number of nitrogens with zero attached hydrogens (tertiary/aromatic N) is 2. The molecule has 3 N–H and O–H groups in total. The maximum Gasteiger partial charge on any atom is 0.128 e. The van der Waals surface area contributed by atoms with E-state index >= 15 is 0 Å². The number of rotatable bonds is 3. The molecule has 0 aromatic carbocycles. The van der Waals surface area contributed by atoms with Crippen molar-refractivity contribution in [2.75, 3.05) is 24.6 Å². The summed E-state index contributed by atoms with van der Waals surface area (Å²) >= 11 is 0. The third kappa shape index (κ3) is 2.96. The molecule has 1 fully saturated rings. The zero-order valence-corrected chi connectivity index (χ0v) is 10.3. The molecule has 2 heterocycles. The van der Waals surface area contributed by atoms with Gasteiger partial charge in [0.25, 0.3) is 0 Å². The molecule has 0 amide bonds. The van der Waals surface area contributed by atoms with Crippen LogP contribution in [0.2, 0.25) is 0 Å². The number of pyridine rings is 1. The summed E-state index contributed by atoms with van der Waals surface area (Å²) in [5.74, 6) is 1.38. The average Bonchev–Trinajstić information content (AvgIpc) is 2.39. The van der Waals surface area contributed by atoms with Gasteiger partial charge in [0.1, 0.15) is 5.82 Å². The summed E-state index contributed by atoms with van der Waals surface area (Å²) < 4.78 is 0. The van der Waals surface area contributed by atoms with Gasteiger partial charge in [-0.15, -0.1) is 0 Å². The van der Waals surface area contributed by atoms with Crippen molar-refractivity contribution in [1.29, 1.82) is 0 Å². The van der Waals surface area contributed by atoms with Crippen LogP contribution in [0.25, 0.3) is 0 Å². The number of anilines is 1. The first-order chi connectivity index (χ1) is 8.20. The first kappa shape index (κ1) is 12.3.